The average Bonchev–Trinajstić information content (AvgIpc) is 2.98. The molecule has 3 nitrogen and oxygen atoms in total. The third-order valence-corrected chi connectivity index (χ3v) is 10.6. The van der Waals surface area contributed by atoms with Crippen LogP contribution in [0.15, 0.2) is 0 Å². The van der Waals surface area contributed by atoms with Crippen molar-refractivity contribution in [2.75, 3.05) is 13.2 Å². The van der Waals surface area contributed by atoms with E-state index in [2.05, 4.69) is 73.4 Å². The largest absolute Gasteiger partial charge is 0.353 e. The summed E-state index contributed by atoms with van der Waals surface area (Å²) in [6.07, 6.45) is 29.3. The maximum Gasteiger partial charge on any atom is 0.160 e. The van der Waals surface area contributed by atoms with E-state index in [9.17, 15) is 0 Å². The molecule has 0 radical (unpaired) electrons. The van der Waals surface area contributed by atoms with E-state index in [0.29, 0.717) is 9.65 Å². The Morgan fingerprint density at radius 2 is 0.791 bits per heavy atom. The molecule has 0 rings (SSSR count). The smallest absolute Gasteiger partial charge is 0.160 e. The maximum absolute atomic E-state index is 6.65. The van der Waals surface area contributed by atoms with Crippen molar-refractivity contribution in [2.45, 2.75) is 218 Å². The van der Waals surface area contributed by atoms with Gasteiger partial charge < -0.3 is 14.2 Å². The van der Waals surface area contributed by atoms with Crippen molar-refractivity contribution in [3.8, 4) is 0 Å². The first-order valence-corrected chi connectivity index (χ1v) is 20.9. The first kappa shape index (κ1) is 43.8. The summed E-state index contributed by atoms with van der Waals surface area (Å²) in [5, 5.41) is 0. The maximum atomic E-state index is 6.65. The van der Waals surface area contributed by atoms with E-state index in [-0.39, 0.29) is 12.6 Å². The van der Waals surface area contributed by atoms with E-state index in [1.165, 1.54) is 128 Å². The van der Waals surface area contributed by atoms with Crippen molar-refractivity contribution in [3.05, 3.63) is 0 Å². The minimum absolute atomic E-state index is 0.145. The standard InChI is InChI=1S/C38H76Br2O3/c1-7-11-25-35(39)27-15-13-17-31-41-37(29-19-23-33(5)21-9-3)43-38(30-20-24-34(6)22-10-4)42-32-18-14-16-28-36(40)26-12-8-2/h33-38H,7-32H2,1-6H3. The van der Waals surface area contributed by atoms with Crippen LogP contribution >= 0.6 is 31.9 Å². The zero-order valence-corrected chi connectivity index (χ0v) is 33.0. The third-order valence-electron chi connectivity index (χ3n) is 8.81. The molecule has 0 aromatic rings. The Bertz CT molecular complexity index is 503. The van der Waals surface area contributed by atoms with Gasteiger partial charge in [0.15, 0.2) is 12.6 Å². The fraction of sp³-hybridized carbons (Fsp3) is 1.00. The molecule has 0 aliphatic carbocycles. The Labute approximate surface area is 287 Å². The highest BCUT2D eigenvalue weighted by Gasteiger charge is 2.19. The van der Waals surface area contributed by atoms with Crippen LogP contribution in [0.1, 0.15) is 196 Å². The van der Waals surface area contributed by atoms with Crippen molar-refractivity contribution in [3.63, 3.8) is 0 Å². The molecule has 0 bridgehead atoms. The minimum atomic E-state index is -0.145. The molecule has 0 aromatic heterocycles. The number of rotatable bonds is 34. The van der Waals surface area contributed by atoms with Crippen LogP contribution in [-0.4, -0.2) is 35.4 Å². The summed E-state index contributed by atoms with van der Waals surface area (Å²) in [5.74, 6) is 1.56. The molecule has 43 heavy (non-hydrogen) atoms. The lowest BCUT2D eigenvalue weighted by Gasteiger charge is -2.26. The molecule has 0 saturated carbocycles. The highest BCUT2D eigenvalue weighted by atomic mass is 79.9. The molecule has 6 atom stereocenters. The molecule has 0 amide bonds. The molecule has 0 aliphatic heterocycles. The van der Waals surface area contributed by atoms with Gasteiger partial charge in [0.05, 0.1) is 0 Å². The molecule has 0 N–H and O–H groups in total. The highest BCUT2D eigenvalue weighted by Crippen LogP contribution is 2.23. The van der Waals surface area contributed by atoms with E-state index in [0.717, 1.165) is 50.7 Å². The Morgan fingerprint density at radius 1 is 0.395 bits per heavy atom. The van der Waals surface area contributed by atoms with Crippen molar-refractivity contribution in [1.29, 1.82) is 0 Å². The minimum Gasteiger partial charge on any atom is -0.353 e. The molecule has 0 heterocycles. The van der Waals surface area contributed by atoms with Crippen LogP contribution in [0.4, 0.5) is 0 Å². The molecular weight excluding hydrogens is 664 g/mol. The lowest BCUT2D eigenvalue weighted by Crippen LogP contribution is -2.28. The quantitative estimate of drug-likeness (QED) is 0.0374. The summed E-state index contributed by atoms with van der Waals surface area (Å²) in [5.41, 5.74) is 0. The number of halogens is 2. The number of alkyl halides is 2. The van der Waals surface area contributed by atoms with Crippen LogP contribution in [-0.2, 0) is 14.2 Å². The first-order chi connectivity index (χ1) is 20.9. The Kier molecular flexibility index (Phi) is 33.4. The van der Waals surface area contributed by atoms with Crippen molar-refractivity contribution >= 4 is 31.9 Å². The Balaban J connectivity index is 4.85. The monoisotopic (exact) mass is 738 g/mol. The summed E-state index contributed by atoms with van der Waals surface area (Å²) < 4.78 is 19.5. The van der Waals surface area contributed by atoms with Crippen LogP contribution < -0.4 is 0 Å². The van der Waals surface area contributed by atoms with E-state index in [4.69, 9.17) is 14.2 Å². The number of hydrogen-bond acceptors (Lipinski definition) is 3. The molecule has 260 valence electrons. The van der Waals surface area contributed by atoms with Gasteiger partial charge in [0.25, 0.3) is 0 Å². The van der Waals surface area contributed by atoms with Crippen LogP contribution in [0.2, 0.25) is 0 Å². The highest BCUT2D eigenvalue weighted by molar-refractivity contribution is 9.09. The second kappa shape index (κ2) is 32.8. The predicted molar refractivity (Wildman–Crippen MR) is 198 cm³/mol. The van der Waals surface area contributed by atoms with Gasteiger partial charge in [-0.3, -0.25) is 0 Å². The van der Waals surface area contributed by atoms with Gasteiger partial charge in [-0.25, -0.2) is 0 Å². The number of unbranched alkanes of at least 4 members (excludes halogenated alkanes) is 6. The Morgan fingerprint density at radius 3 is 1.16 bits per heavy atom. The normalized spacial score (nSPS) is 16.2. The van der Waals surface area contributed by atoms with Crippen molar-refractivity contribution < 1.29 is 14.2 Å². The number of hydrogen-bond donors (Lipinski definition) is 0. The van der Waals surface area contributed by atoms with Crippen LogP contribution in [0, 0.1) is 11.8 Å². The average molecular weight is 741 g/mol. The van der Waals surface area contributed by atoms with Gasteiger partial charge in [-0.2, -0.15) is 0 Å². The molecular formula is C38H76Br2O3. The van der Waals surface area contributed by atoms with Crippen LogP contribution in [0.3, 0.4) is 0 Å². The SMILES string of the molecule is CCCCC(Br)CCCCCOC(CCCC(C)CCC)OC(CCCC(C)CCC)OCCCCCC(Br)CCCC. The van der Waals surface area contributed by atoms with Gasteiger partial charge in [0.2, 0.25) is 0 Å². The molecule has 0 saturated heterocycles. The van der Waals surface area contributed by atoms with Crippen LogP contribution in [0.5, 0.6) is 0 Å². The van der Waals surface area contributed by atoms with Gasteiger partial charge >= 0.3 is 0 Å². The molecule has 0 aliphatic rings. The summed E-state index contributed by atoms with van der Waals surface area (Å²) in [6, 6.07) is 0. The zero-order valence-electron chi connectivity index (χ0n) is 29.8. The van der Waals surface area contributed by atoms with Gasteiger partial charge in [0.1, 0.15) is 0 Å². The summed E-state index contributed by atoms with van der Waals surface area (Å²) >= 11 is 7.74. The second-order valence-corrected chi connectivity index (χ2v) is 16.2. The molecule has 6 unspecified atom stereocenters. The van der Waals surface area contributed by atoms with E-state index < -0.39 is 0 Å². The molecule has 0 spiro atoms. The van der Waals surface area contributed by atoms with Gasteiger partial charge in [-0.1, -0.05) is 163 Å². The summed E-state index contributed by atoms with van der Waals surface area (Å²) in [6.45, 7) is 15.5. The second-order valence-electron chi connectivity index (χ2n) is 13.6. The fourth-order valence-electron chi connectivity index (χ4n) is 5.95. The van der Waals surface area contributed by atoms with Gasteiger partial charge in [-0.05, 0) is 76.0 Å². The predicted octanol–water partition coefficient (Wildman–Crippen LogP) is 13.9. The van der Waals surface area contributed by atoms with E-state index in [1.807, 2.05) is 0 Å². The number of ether oxygens (including phenoxy) is 3. The van der Waals surface area contributed by atoms with Crippen LogP contribution in [0.25, 0.3) is 0 Å². The topological polar surface area (TPSA) is 27.7 Å². The fourth-order valence-corrected chi connectivity index (χ4v) is 7.24. The van der Waals surface area contributed by atoms with Crippen molar-refractivity contribution in [1.82, 2.24) is 0 Å². The Hall–Kier alpha value is 0.840. The molecule has 0 fully saturated rings. The lowest BCUT2D eigenvalue weighted by molar-refractivity contribution is -0.250. The third kappa shape index (κ3) is 30.0. The summed E-state index contributed by atoms with van der Waals surface area (Å²) in [7, 11) is 0. The summed E-state index contributed by atoms with van der Waals surface area (Å²) in [4.78, 5) is 1.35. The molecule has 0 aromatic carbocycles. The van der Waals surface area contributed by atoms with Gasteiger partial charge in [0, 0.05) is 22.9 Å². The van der Waals surface area contributed by atoms with E-state index in [1.54, 1.807) is 0 Å². The first-order valence-electron chi connectivity index (χ1n) is 19.0. The van der Waals surface area contributed by atoms with Crippen molar-refractivity contribution in [2.24, 2.45) is 11.8 Å². The lowest BCUT2D eigenvalue weighted by atomic mass is 9.99. The zero-order chi connectivity index (χ0) is 32.0. The van der Waals surface area contributed by atoms with E-state index >= 15 is 0 Å². The molecule has 5 heteroatoms. The van der Waals surface area contributed by atoms with Gasteiger partial charge in [-0.15, -0.1) is 0 Å².